The molecule has 0 saturated heterocycles. The molecule has 4 rings (SSSR count). The van der Waals surface area contributed by atoms with Crippen molar-refractivity contribution in [1.82, 2.24) is 15.6 Å². The van der Waals surface area contributed by atoms with Gasteiger partial charge in [0.15, 0.2) is 5.78 Å². The van der Waals surface area contributed by atoms with Crippen molar-refractivity contribution in [1.29, 1.82) is 5.41 Å². The molecule has 7 nitrogen and oxygen atoms in total. The van der Waals surface area contributed by atoms with Crippen LogP contribution in [-0.4, -0.2) is 48.1 Å². The lowest BCUT2D eigenvalue weighted by Crippen LogP contribution is -2.53. The molecule has 0 bridgehead atoms. The second-order valence-electron chi connectivity index (χ2n) is 10.6. The molecular formula is C30H40FN5O2. The van der Waals surface area contributed by atoms with Gasteiger partial charge in [0.1, 0.15) is 11.6 Å². The Balaban J connectivity index is 1.59. The predicted molar refractivity (Wildman–Crippen MR) is 149 cm³/mol. The van der Waals surface area contributed by atoms with Gasteiger partial charge in [-0.2, -0.15) is 0 Å². The van der Waals surface area contributed by atoms with Gasteiger partial charge in [-0.15, -0.1) is 0 Å². The molecule has 3 unspecified atom stereocenters. The molecule has 0 spiro atoms. The van der Waals surface area contributed by atoms with E-state index in [1.54, 1.807) is 32.3 Å². The molecule has 2 aromatic rings. The zero-order chi connectivity index (χ0) is 27.2. The highest BCUT2D eigenvalue weighted by molar-refractivity contribution is 6.42. The molecular weight excluding hydrogens is 481 g/mol. The van der Waals surface area contributed by atoms with Gasteiger partial charge in [-0.1, -0.05) is 26.2 Å². The SMILES string of the molecule is CCC(C(=N)C(=O)C(NC(=O)C(C)NC)C1CCCCC1)c1ccnc(N2CCCc3cc(F)ccc32)c1. The van der Waals surface area contributed by atoms with Crippen LogP contribution in [0.4, 0.5) is 15.9 Å². The number of nitrogens with zero attached hydrogens (tertiary/aromatic N) is 2. The quantitative estimate of drug-likeness (QED) is 0.380. The standard InChI is InChI=1S/C30H40FN5O2/c1-4-24(27(32)29(37)28(20-9-6-5-7-10-20)35-30(38)19(2)33-3)21-14-15-34-26(18-21)36-16-8-11-22-17-23(31)12-13-25(22)36/h12-15,17-20,24,28,32-33H,4-11,16H2,1-3H3,(H,35,38). The molecule has 8 heteroatoms. The van der Waals surface area contributed by atoms with E-state index in [9.17, 15) is 14.0 Å². The molecule has 1 aromatic heterocycles. The van der Waals surface area contributed by atoms with E-state index in [1.807, 2.05) is 19.1 Å². The largest absolute Gasteiger partial charge is 0.344 e. The number of halogens is 1. The number of amides is 1. The fraction of sp³-hybridized carbons (Fsp3) is 0.533. The lowest BCUT2D eigenvalue weighted by Gasteiger charge is -2.32. The number of aromatic nitrogens is 1. The zero-order valence-electron chi connectivity index (χ0n) is 22.7. The minimum absolute atomic E-state index is 0.0266. The van der Waals surface area contributed by atoms with Gasteiger partial charge in [0, 0.05) is 24.3 Å². The summed E-state index contributed by atoms with van der Waals surface area (Å²) in [5.41, 5.74) is 2.78. The summed E-state index contributed by atoms with van der Waals surface area (Å²) < 4.78 is 13.8. The average molecular weight is 522 g/mol. The van der Waals surface area contributed by atoms with Crippen LogP contribution in [0.1, 0.15) is 75.8 Å². The van der Waals surface area contributed by atoms with Crippen LogP contribution in [0.3, 0.4) is 0 Å². The van der Waals surface area contributed by atoms with Crippen molar-refractivity contribution in [3.8, 4) is 0 Å². The number of hydrogen-bond donors (Lipinski definition) is 3. The number of nitrogens with one attached hydrogen (secondary N) is 3. The van der Waals surface area contributed by atoms with Crippen LogP contribution < -0.4 is 15.5 Å². The van der Waals surface area contributed by atoms with Gasteiger partial charge in [0.05, 0.1) is 17.8 Å². The lowest BCUT2D eigenvalue weighted by atomic mass is 9.78. The molecule has 1 aliphatic carbocycles. The molecule has 38 heavy (non-hydrogen) atoms. The third-order valence-corrected chi connectivity index (χ3v) is 8.16. The molecule has 1 amide bonds. The van der Waals surface area contributed by atoms with Gasteiger partial charge >= 0.3 is 0 Å². The van der Waals surface area contributed by atoms with E-state index >= 15 is 0 Å². The van der Waals surface area contributed by atoms with Crippen LogP contribution in [0.2, 0.25) is 0 Å². The van der Waals surface area contributed by atoms with E-state index < -0.39 is 18.0 Å². The van der Waals surface area contributed by atoms with Gasteiger partial charge < -0.3 is 20.9 Å². The third kappa shape index (κ3) is 6.12. The van der Waals surface area contributed by atoms with Crippen LogP contribution in [0.5, 0.6) is 0 Å². The van der Waals surface area contributed by atoms with Crippen LogP contribution in [0.15, 0.2) is 36.5 Å². The Morgan fingerprint density at radius 2 is 1.92 bits per heavy atom. The summed E-state index contributed by atoms with van der Waals surface area (Å²) in [6.07, 6.45) is 8.97. The molecule has 3 atom stereocenters. The molecule has 0 radical (unpaired) electrons. The number of carbonyl (C=O) groups is 2. The number of pyridine rings is 1. The minimum Gasteiger partial charge on any atom is -0.344 e. The Kier molecular flexibility index (Phi) is 9.26. The predicted octanol–water partition coefficient (Wildman–Crippen LogP) is 5.06. The first-order valence-corrected chi connectivity index (χ1v) is 14.0. The Morgan fingerprint density at radius 1 is 1.16 bits per heavy atom. The maximum absolute atomic E-state index is 13.8. The number of rotatable bonds is 10. The number of ketones is 1. The topological polar surface area (TPSA) is 98.2 Å². The van der Waals surface area contributed by atoms with E-state index in [4.69, 9.17) is 5.41 Å². The highest BCUT2D eigenvalue weighted by Crippen LogP contribution is 2.35. The maximum atomic E-state index is 13.8. The number of benzene rings is 1. The molecule has 2 heterocycles. The third-order valence-electron chi connectivity index (χ3n) is 8.16. The van der Waals surface area contributed by atoms with Crippen molar-refractivity contribution in [3.05, 3.63) is 53.5 Å². The summed E-state index contributed by atoms with van der Waals surface area (Å²) in [5.74, 6) is -0.393. The number of fused-ring (bicyclic) bond motifs is 1. The smallest absolute Gasteiger partial charge is 0.237 e. The van der Waals surface area contributed by atoms with Crippen LogP contribution in [0.25, 0.3) is 0 Å². The fourth-order valence-electron chi connectivity index (χ4n) is 5.82. The number of aryl methyl sites for hydroxylation is 1. The summed E-state index contributed by atoms with van der Waals surface area (Å²) in [6, 6.07) is 7.56. The fourth-order valence-corrected chi connectivity index (χ4v) is 5.82. The van der Waals surface area contributed by atoms with Gasteiger partial charge in [-0.05, 0) is 93.5 Å². The van der Waals surface area contributed by atoms with Gasteiger partial charge in [0.2, 0.25) is 5.91 Å². The summed E-state index contributed by atoms with van der Waals surface area (Å²) in [5, 5.41) is 14.9. The zero-order valence-corrected chi connectivity index (χ0v) is 22.7. The van der Waals surface area contributed by atoms with E-state index in [0.29, 0.717) is 6.42 Å². The van der Waals surface area contributed by atoms with Crippen molar-refractivity contribution in [2.45, 2.75) is 83.2 Å². The highest BCUT2D eigenvalue weighted by atomic mass is 19.1. The number of likely N-dealkylation sites (N-methyl/N-ethyl adjacent to an activating group) is 1. The Labute approximate surface area is 225 Å². The van der Waals surface area contributed by atoms with Crippen molar-refractivity contribution in [2.24, 2.45) is 5.92 Å². The summed E-state index contributed by atoms with van der Waals surface area (Å²) in [6.45, 7) is 4.51. The van der Waals surface area contributed by atoms with Gasteiger partial charge in [-0.3, -0.25) is 9.59 Å². The molecule has 2 aliphatic rings. The number of anilines is 2. The molecule has 1 aromatic carbocycles. The highest BCUT2D eigenvalue weighted by Gasteiger charge is 2.36. The van der Waals surface area contributed by atoms with Crippen molar-refractivity contribution in [2.75, 3.05) is 18.5 Å². The second-order valence-corrected chi connectivity index (χ2v) is 10.6. The van der Waals surface area contributed by atoms with Gasteiger partial charge in [0.25, 0.3) is 0 Å². The monoisotopic (exact) mass is 521 g/mol. The van der Waals surface area contributed by atoms with E-state index in [-0.39, 0.29) is 29.1 Å². The van der Waals surface area contributed by atoms with Crippen LogP contribution >= 0.6 is 0 Å². The van der Waals surface area contributed by atoms with Crippen molar-refractivity contribution < 1.29 is 14.0 Å². The lowest BCUT2D eigenvalue weighted by molar-refractivity contribution is -0.127. The Hall–Kier alpha value is -3.13. The molecule has 3 N–H and O–H groups in total. The van der Waals surface area contributed by atoms with Crippen molar-refractivity contribution in [3.63, 3.8) is 0 Å². The maximum Gasteiger partial charge on any atom is 0.237 e. The van der Waals surface area contributed by atoms with Crippen LogP contribution in [0, 0.1) is 17.1 Å². The Bertz CT molecular complexity index is 1160. The number of carbonyl (C=O) groups excluding carboxylic acids is 2. The second kappa shape index (κ2) is 12.6. The first-order chi connectivity index (χ1) is 18.3. The Morgan fingerprint density at radius 3 is 2.63 bits per heavy atom. The van der Waals surface area contributed by atoms with E-state index in [1.165, 1.54) is 6.07 Å². The number of hydrogen-bond acceptors (Lipinski definition) is 6. The van der Waals surface area contributed by atoms with Crippen molar-refractivity contribution >= 4 is 28.9 Å². The first-order valence-electron chi connectivity index (χ1n) is 14.0. The number of Topliss-reactive ketones (excluding diaryl/α,β-unsaturated/α-hetero) is 1. The minimum atomic E-state index is -0.690. The van der Waals surface area contributed by atoms with Gasteiger partial charge in [-0.25, -0.2) is 9.37 Å². The van der Waals surface area contributed by atoms with Crippen LogP contribution in [-0.2, 0) is 16.0 Å². The van der Waals surface area contributed by atoms with E-state index in [2.05, 4.69) is 20.5 Å². The summed E-state index contributed by atoms with van der Waals surface area (Å²) in [7, 11) is 1.72. The summed E-state index contributed by atoms with van der Waals surface area (Å²) >= 11 is 0. The molecule has 1 aliphatic heterocycles. The normalized spacial score (nSPS) is 18.3. The molecule has 1 fully saturated rings. The average Bonchev–Trinajstić information content (AvgIpc) is 2.95. The molecule has 1 saturated carbocycles. The molecule has 204 valence electrons. The first kappa shape index (κ1) is 27.9. The van der Waals surface area contributed by atoms with E-state index in [0.717, 1.165) is 74.1 Å². The summed E-state index contributed by atoms with van der Waals surface area (Å²) in [4.78, 5) is 33.3.